The van der Waals surface area contributed by atoms with Crippen molar-refractivity contribution in [1.82, 2.24) is 9.88 Å². The van der Waals surface area contributed by atoms with Crippen molar-refractivity contribution in [2.45, 2.75) is 39.3 Å². The van der Waals surface area contributed by atoms with E-state index in [1.54, 1.807) is 0 Å². The number of hydrogen-bond acceptors (Lipinski definition) is 3. The molecule has 2 heterocycles. The highest BCUT2D eigenvalue weighted by atomic mass is 16.5. The van der Waals surface area contributed by atoms with Gasteiger partial charge in [0.2, 0.25) is 0 Å². The molecule has 0 radical (unpaired) electrons. The fourth-order valence-corrected chi connectivity index (χ4v) is 4.52. The summed E-state index contributed by atoms with van der Waals surface area (Å²) >= 11 is 0. The van der Waals surface area contributed by atoms with E-state index in [4.69, 9.17) is 9.72 Å². The lowest BCUT2D eigenvalue weighted by atomic mass is 9.89. The molecule has 0 atom stereocenters. The highest BCUT2D eigenvalue weighted by Crippen LogP contribution is 2.37. The van der Waals surface area contributed by atoms with Crippen LogP contribution in [0.4, 0.5) is 0 Å². The second-order valence-electron chi connectivity index (χ2n) is 9.32. The third-order valence-electron chi connectivity index (χ3n) is 5.81. The van der Waals surface area contributed by atoms with Crippen LogP contribution < -0.4 is 4.74 Å². The lowest BCUT2D eigenvalue weighted by Gasteiger charge is -2.28. The van der Waals surface area contributed by atoms with Crippen LogP contribution in [0, 0.1) is 0 Å². The Morgan fingerprint density at radius 1 is 0.900 bits per heavy atom. The second-order valence-corrected chi connectivity index (χ2v) is 9.32. The van der Waals surface area contributed by atoms with E-state index in [1.807, 2.05) is 0 Å². The maximum Gasteiger partial charge on any atom is 0.120 e. The van der Waals surface area contributed by atoms with Crippen molar-refractivity contribution >= 4 is 21.7 Å². The number of ether oxygens (including phenoxy) is 1. The van der Waals surface area contributed by atoms with Crippen LogP contribution in [0.25, 0.3) is 32.9 Å². The van der Waals surface area contributed by atoms with Gasteiger partial charge in [0.15, 0.2) is 0 Å². The van der Waals surface area contributed by atoms with Crippen LogP contribution in [-0.2, 0) is 13.0 Å². The summed E-state index contributed by atoms with van der Waals surface area (Å²) < 4.78 is 6.01. The topological polar surface area (TPSA) is 25.4 Å². The average Bonchev–Trinajstić information content (AvgIpc) is 2.72. The Kier molecular flexibility index (Phi) is 4.52. The molecule has 3 aromatic carbocycles. The Morgan fingerprint density at radius 3 is 2.43 bits per heavy atom. The van der Waals surface area contributed by atoms with E-state index >= 15 is 0 Å². The van der Waals surface area contributed by atoms with Crippen LogP contribution in [0.2, 0.25) is 0 Å². The number of nitrogens with zero attached hydrogens (tertiary/aromatic N) is 2. The molecular weight excluding hydrogens is 368 g/mol. The fraction of sp³-hybridized carbons (Fsp3) is 0.296. The molecule has 152 valence electrons. The average molecular weight is 397 g/mol. The van der Waals surface area contributed by atoms with Gasteiger partial charge in [-0.25, -0.2) is 4.98 Å². The van der Waals surface area contributed by atoms with Crippen molar-refractivity contribution in [2.24, 2.45) is 0 Å². The first-order chi connectivity index (χ1) is 14.4. The molecule has 0 fully saturated rings. The molecule has 4 aromatic rings. The van der Waals surface area contributed by atoms with E-state index in [1.165, 1.54) is 27.3 Å². The lowest BCUT2D eigenvalue weighted by molar-refractivity contribution is 0.131. The standard InChI is InChI=1S/C27H28N2O/c1-27(2,3)30-20-12-9-19(10-13-20)26-23-17-29(4)16-15-22(23)25-21-8-6-5-7-18(21)11-14-24(25)28-26/h5-14H,15-17H2,1-4H3. The van der Waals surface area contributed by atoms with Crippen LogP contribution >= 0.6 is 0 Å². The van der Waals surface area contributed by atoms with Gasteiger partial charge in [-0.2, -0.15) is 0 Å². The van der Waals surface area contributed by atoms with Crippen molar-refractivity contribution in [3.63, 3.8) is 0 Å². The Morgan fingerprint density at radius 2 is 1.67 bits per heavy atom. The molecule has 0 amide bonds. The quantitative estimate of drug-likeness (QED) is 0.376. The number of pyridine rings is 1. The van der Waals surface area contributed by atoms with E-state index in [-0.39, 0.29) is 5.60 Å². The molecule has 5 rings (SSSR count). The summed E-state index contributed by atoms with van der Waals surface area (Å²) in [4.78, 5) is 7.57. The van der Waals surface area contributed by atoms with E-state index in [0.717, 1.165) is 42.0 Å². The first-order valence-electron chi connectivity index (χ1n) is 10.7. The van der Waals surface area contributed by atoms with E-state index in [2.05, 4.69) is 93.4 Å². The van der Waals surface area contributed by atoms with Gasteiger partial charge in [0.1, 0.15) is 11.4 Å². The Hall–Kier alpha value is -2.91. The molecule has 1 aromatic heterocycles. The summed E-state index contributed by atoms with van der Waals surface area (Å²) in [7, 11) is 2.19. The minimum absolute atomic E-state index is 0.203. The number of benzene rings is 3. The molecule has 1 aliphatic rings. The smallest absolute Gasteiger partial charge is 0.120 e. The predicted molar refractivity (Wildman–Crippen MR) is 125 cm³/mol. The van der Waals surface area contributed by atoms with Gasteiger partial charge in [-0.1, -0.05) is 30.3 Å². The summed E-state index contributed by atoms with van der Waals surface area (Å²) in [6, 6.07) is 21.4. The SMILES string of the molecule is CN1CCc2c(c(-c3ccc(OC(C)(C)C)cc3)nc3ccc4ccccc4c23)C1. The lowest BCUT2D eigenvalue weighted by Crippen LogP contribution is -2.27. The molecule has 30 heavy (non-hydrogen) atoms. The zero-order chi connectivity index (χ0) is 20.9. The van der Waals surface area contributed by atoms with Gasteiger partial charge in [0, 0.05) is 24.0 Å². The van der Waals surface area contributed by atoms with Crippen LogP contribution in [0.1, 0.15) is 31.9 Å². The highest BCUT2D eigenvalue weighted by Gasteiger charge is 2.23. The Balaban J connectivity index is 1.71. The number of hydrogen-bond donors (Lipinski definition) is 0. The maximum absolute atomic E-state index is 6.01. The van der Waals surface area contributed by atoms with Crippen LogP contribution in [0.3, 0.4) is 0 Å². The van der Waals surface area contributed by atoms with Crippen molar-refractivity contribution in [1.29, 1.82) is 0 Å². The molecule has 0 bridgehead atoms. The largest absolute Gasteiger partial charge is 0.488 e. The van der Waals surface area contributed by atoms with E-state index in [0.29, 0.717) is 0 Å². The first kappa shape index (κ1) is 19.1. The van der Waals surface area contributed by atoms with Crippen LogP contribution in [0.5, 0.6) is 5.75 Å². The van der Waals surface area contributed by atoms with E-state index in [9.17, 15) is 0 Å². The molecule has 0 spiro atoms. The van der Waals surface area contributed by atoms with Gasteiger partial charge >= 0.3 is 0 Å². The highest BCUT2D eigenvalue weighted by molar-refractivity contribution is 6.09. The zero-order valence-corrected chi connectivity index (χ0v) is 18.2. The molecule has 0 aliphatic carbocycles. The fourth-order valence-electron chi connectivity index (χ4n) is 4.52. The van der Waals surface area contributed by atoms with Gasteiger partial charge in [-0.05, 0) is 86.5 Å². The van der Waals surface area contributed by atoms with Crippen molar-refractivity contribution in [3.05, 3.63) is 71.8 Å². The molecule has 3 nitrogen and oxygen atoms in total. The van der Waals surface area contributed by atoms with Crippen LogP contribution in [-0.4, -0.2) is 29.1 Å². The van der Waals surface area contributed by atoms with Crippen molar-refractivity contribution < 1.29 is 4.74 Å². The van der Waals surface area contributed by atoms with Crippen LogP contribution in [0.15, 0.2) is 60.7 Å². The Labute approximate surface area is 178 Å². The van der Waals surface area contributed by atoms with Gasteiger partial charge < -0.3 is 9.64 Å². The number of fused-ring (bicyclic) bond motifs is 5. The molecule has 0 unspecified atom stereocenters. The van der Waals surface area contributed by atoms with Gasteiger partial charge in [-0.15, -0.1) is 0 Å². The number of rotatable bonds is 2. The minimum Gasteiger partial charge on any atom is -0.488 e. The molecule has 3 heteroatoms. The summed E-state index contributed by atoms with van der Waals surface area (Å²) in [6.07, 6.45) is 1.05. The predicted octanol–water partition coefficient (Wildman–Crippen LogP) is 6.22. The maximum atomic E-state index is 6.01. The summed E-state index contributed by atoms with van der Waals surface area (Å²) in [5.74, 6) is 0.893. The summed E-state index contributed by atoms with van der Waals surface area (Å²) in [5, 5.41) is 3.92. The summed E-state index contributed by atoms with van der Waals surface area (Å²) in [6.45, 7) is 8.22. The first-order valence-corrected chi connectivity index (χ1v) is 10.7. The zero-order valence-electron chi connectivity index (χ0n) is 18.2. The molecule has 0 N–H and O–H groups in total. The third-order valence-corrected chi connectivity index (χ3v) is 5.81. The Bertz CT molecular complexity index is 1240. The van der Waals surface area contributed by atoms with Crippen molar-refractivity contribution in [3.8, 4) is 17.0 Å². The molecule has 0 saturated carbocycles. The monoisotopic (exact) mass is 396 g/mol. The number of likely N-dealkylation sites (N-methyl/N-ethyl adjacent to an activating group) is 1. The third kappa shape index (κ3) is 3.44. The number of aromatic nitrogens is 1. The molecular formula is C27H28N2O. The van der Waals surface area contributed by atoms with E-state index < -0.39 is 0 Å². The minimum atomic E-state index is -0.203. The molecule has 0 saturated heterocycles. The van der Waals surface area contributed by atoms with Crippen molar-refractivity contribution in [2.75, 3.05) is 13.6 Å². The van der Waals surface area contributed by atoms with Gasteiger partial charge in [-0.3, -0.25) is 0 Å². The summed E-state index contributed by atoms with van der Waals surface area (Å²) in [5.41, 5.74) is 5.95. The molecule has 1 aliphatic heterocycles. The van der Waals surface area contributed by atoms with Gasteiger partial charge in [0.05, 0.1) is 11.2 Å². The second kappa shape index (κ2) is 7.10. The van der Waals surface area contributed by atoms with Gasteiger partial charge in [0.25, 0.3) is 0 Å². The normalized spacial score (nSPS) is 14.8.